The van der Waals surface area contributed by atoms with E-state index in [2.05, 4.69) is 4.74 Å². The molecule has 3 nitrogen and oxygen atoms in total. The van der Waals surface area contributed by atoms with Crippen molar-refractivity contribution in [3.05, 3.63) is 11.6 Å². The zero-order valence-electron chi connectivity index (χ0n) is 10.3. The SMILES string of the molecule is CC(=O)OCC1(F)OC1(C)CCC=C(C)C. The van der Waals surface area contributed by atoms with Gasteiger partial charge in [0, 0.05) is 6.92 Å². The van der Waals surface area contributed by atoms with Crippen molar-refractivity contribution in [2.45, 2.75) is 52.0 Å². The van der Waals surface area contributed by atoms with Gasteiger partial charge in [-0.1, -0.05) is 11.6 Å². The number of allylic oxidation sites excluding steroid dienone is 2. The number of hydrogen-bond acceptors (Lipinski definition) is 3. The largest absolute Gasteiger partial charge is 0.460 e. The minimum atomic E-state index is -1.80. The predicted octanol–water partition coefficient (Wildman–Crippen LogP) is 2.75. The Hall–Kier alpha value is -0.900. The fraction of sp³-hybridized carbons (Fsp3) is 0.750. The quantitative estimate of drug-likeness (QED) is 0.414. The van der Waals surface area contributed by atoms with E-state index in [-0.39, 0.29) is 6.61 Å². The van der Waals surface area contributed by atoms with E-state index >= 15 is 0 Å². The number of esters is 1. The maximum atomic E-state index is 13.9. The Morgan fingerprint density at radius 1 is 1.44 bits per heavy atom. The van der Waals surface area contributed by atoms with Gasteiger partial charge in [0.15, 0.2) is 6.61 Å². The molecular weight excluding hydrogens is 211 g/mol. The molecular formula is C12H19FO3. The predicted molar refractivity (Wildman–Crippen MR) is 58.6 cm³/mol. The van der Waals surface area contributed by atoms with Crippen LogP contribution in [0.4, 0.5) is 4.39 Å². The van der Waals surface area contributed by atoms with Crippen LogP contribution in [0.15, 0.2) is 11.6 Å². The summed E-state index contributed by atoms with van der Waals surface area (Å²) in [6.07, 6.45) is 3.40. The summed E-state index contributed by atoms with van der Waals surface area (Å²) in [5.74, 6) is -2.28. The molecule has 1 aliphatic heterocycles. The Kier molecular flexibility index (Phi) is 3.73. The van der Waals surface area contributed by atoms with Gasteiger partial charge in [-0.05, 0) is 33.6 Å². The Morgan fingerprint density at radius 2 is 2.06 bits per heavy atom. The van der Waals surface area contributed by atoms with Gasteiger partial charge in [-0.2, -0.15) is 0 Å². The molecule has 0 aliphatic carbocycles. The van der Waals surface area contributed by atoms with Crippen LogP contribution in [0, 0.1) is 0 Å². The van der Waals surface area contributed by atoms with Crippen LogP contribution in [-0.4, -0.2) is 24.0 Å². The molecule has 0 bridgehead atoms. The van der Waals surface area contributed by atoms with Gasteiger partial charge in [0.2, 0.25) is 0 Å². The average Bonchev–Trinajstić information content (AvgIpc) is 2.66. The second kappa shape index (κ2) is 4.53. The third kappa shape index (κ3) is 3.04. The molecule has 0 aromatic rings. The highest BCUT2D eigenvalue weighted by atomic mass is 19.2. The van der Waals surface area contributed by atoms with E-state index in [1.54, 1.807) is 6.92 Å². The fourth-order valence-corrected chi connectivity index (χ4v) is 1.58. The van der Waals surface area contributed by atoms with Crippen LogP contribution in [0.2, 0.25) is 0 Å². The van der Waals surface area contributed by atoms with Gasteiger partial charge in [0.25, 0.3) is 5.85 Å². The first-order chi connectivity index (χ1) is 7.29. The minimum Gasteiger partial charge on any atom is -0.460 e. The number of halogens is 1. The number of ether oxygens (including phenoxy) is 2. The summed E-state index contributed by atoms with van der Waals surface area (Å²) >= 11 is 0. The van der Waals surface area contributed by atoms with Crippen molar-refractivity contribution in [3.63, 3.8) is 0 Å². The molecule has 92 valence electrons. The van der Waals surface area contributed by atoms with E-state index in [0.29, 0.717) is 6.42 Å². The van der Waals surface area contributed by atoms with Crippen molar-refractivity contribution in [1.82, 2.24) is 0 Å². The van der Waals surface area contributed by atoms with Crippen molar-refractivity contribution in [2.75, 3.05) is 6.61 Å². The standard InChI is InChI=1S/C12H19FO3/c1-9(2)6-5-7-11(4)12(13,16-11)8-15-10(3)14/h6H,5,7-8H2,1-4H3. The van der Waals surface area contributed by atoms with Crippen LogP contribution in [0.25, 0.3) is 0 Å². The maximum Gasteiger partial charge on any atom is 0.302 e. The third-order valence-corrected chi connectivity index (χ3v) is 2.77. The highest BCUT2D eigenvalue weighted by molar-refractivity contribution is 5.66. The Labute approximate surface area is 95.6 Å². The molecule has 0 aromatic heterocycles. The summed E-state index contributed by atoms with van der Waals surface area (Å²) in [6.45, 7) is 6.64. The number of alkyl halides is 1. The van der Waals surface area contributed by atoms with Gasteiger partial charge in [0.05, 0.1) is 0 Å². The lowest BCUT2D eigenvalue weighted by molar-refractivity contribution is -0.145. The smallest absolute Gasteiger partial charge is 0.302 e. The summed E-state index contributed by atoms with van der Waals surface area (Å²) in [7, 11) is 0. The number of rotatable bonds is 5. The highest BCUT2D eigenvalue weighted by Gasteiger charge is 2.68. The Morgan fingerprint density at radius 3 is 2.56 bits per heavy atom. The summed E-state index contributed by atoms with van der Waals surface area (Å²) in [6, 6.07) is 0. The minimum absolute atomic E-state index is 0.312. The molecule has 2 atom stereocenters. The topological polar surface area (TPSA) is 38.8 Å². The molecule has 1 rings (SSSR count). The number of hydrogen-bond donors (Lipinski definition) is 0. The third-order valence-electron chi connectivity index (χ3n) is 2.77. The molecule has 0 radical (unpaired) electrons. The van der Waals surface area contributed by atoms with Crippen molar-refractivity contribution in [3.8, 4) is 0 Å². The number of epoxide rings is 1. The molecule has 1 fully saturated rings. The molecule has 2 unspecified atom stereocenters. The van der Waals surface area contributed by atoms with Gasteiger partial charge >= 0.3 is 5.97 Å². The van der Waals surface area contributed by atoms with Crippen LogP contribution in [0.3, 0.4) is 0 Å². The maximum absolute atomic E-state index is 13.9. The molecule has 0 aromatic carbocycles. The van der Waals surface area contributed by atoms with Crippen molar-refractivity contribution in [1.29, 1.82) is 0 Å². The van der Waals surface area contributed by atoms with E-state index in [1.807, 2.05) is 19.9 Å². The van der Waals surface area contributed by atoms with Crippen LogP contribution < -0.4 is 0 Å². The van der Waals surface area contributed by atoms with Crippen molar-refractivity contribution >= 4 is 5.97 Å². The van der Waals surface area contributed by atoms with Crippen LogP contribution in [-0.2, 0) is 14.3 Å². The molecule has 1 heterocycles. The molecule has 0 saturated carbocycles. The van der Waals surface area contributed by atoms with E-state index < -0.39 is 17.4 Å². The Bertz CT molecular complexity index is 309. The van der Waals surface area contributed by atoms with Crippen molar-refractivity contribution < 1.29 is 18.7 Å². The fourth-order valence-electron chi connectivity index (χ4n) is 1.58. The van der Waals surface area contributed by atoms with E-state index in [1.165, 1.54) is 12.5 Å². The van der Waals surface area contributed by atoms with Gasteiger partial charge in [-0.15, -0.1) is 0 Å². The van der Waals surface area contributed by atoms with Gasteiger partial charge in [-0.25, -0.2) is 4.39 Å². The summed E-state index contributed by atoms with van der Waals surface area (Å²) < 4.78 is 23.6. The van der Waals surface area contributed by atoms with Gasteiger partial charge in [0.1, 0.15) is 5.60 Å². The van der Waals surface area contributed by atoms with Crippen LogP contribution in [0.5, 0.6) is 0 Å². The summed E-state index contributed by atoms with van der Waals surface area (Å²) in [5.41, 5.74) is 0.391. The van der Waals surface area contributed by atoms with E-state index in [4.69, 9.17) is 4.74 Å². The zero-order valence-corrected chi connectivity index (χ0v) is 10.3. The normalized spacial score (nSPS) is 32.1. The summed E-state index contributed by atoms with van der Waals surface area (Å²) in [5, 5.41) is 0. The van der Waals surface area contributed by atoms with Crippen LogP contribution >= 0.6 is 0 Å². The van der Waals surface area contributed by atoms with Crippen LogP contribution in [0.1, 0.15) is 40.5 Å². The monoisotopic (exact) mass is 230 g/mol. The molecule has 1 saturated heterocycles. The molecule has 1 aliphatic rings. The average molecular weight is 230 g/mol. The van der Waals surface area contributed by atoms with E-state index in [9.17, 15) is 9.18 Å². The first-order valence-corrected chi connectivity index (χ1v) is 5.45. The van der Waals surface area contributed by atoms with Gasteiger partial charge in [-0.3, -0.25) is 4.79 Å². The number of carbonyl (C=O) groups excluding carboxylic acids is 1. The lowest BCUT2D eigenvalue weighted by Gasteiger charge is -2.08. The number of carbonyl (C=O) groups is 1. The molecule has 0 N–H and O–H groups in total. The van der Waals surface area contributed by atoms with Crippen molar-refractivity contribution in [2.24, 2.45) is 0 Å². The molecule has 0 amide bonds. The summed E-state index contributed by atoms with van der Waals surface area (Å²) in [4.78, 5) is 10.6. The second-order valence-electron chi connectivity index (χ2n) is 4.66. The van der Waals surface area contributed by atoms with E-state index in [0.717, 1.165) is 6.42 Å². The van der Waals surface area contributed by atoms with Gasteiger partial charge < -0.3 is 9.47 Å². The first-order valence-electron chi connectivity index (χ1n) is 5.45. The zero-order chi connectivity index (χ0) is 12.4. The second-order valence-corrected chi connectivity index (χ2v) is 4.66. The molecule has 4 heteroatoms. The Balaban J connectivity index is 2.38. The first kappa shape index (κ1) is 13.2. The molecule has 0 spiro atoms. The molecule has 16 heavy (non-hydrogen) atoms. The lowest BCUT2D eigenvalue weighted by Crippen LogP contribution is -2.25. The highest BCUT2D eigenvalue weighted by Crippen LogP contribution is 2.52. The lowest BCUT2D eigenvalue weighted by atomic mass is 9.99.